The number of benzene rings is 1. The molecule has 1 rings (SSSR count). The van der Waals surface area contributed by atoms with E-state index in [1.807, 2.05) is 40.7 Å². The lowest BCUT2D eigenvalue weighted by Crippen LogP contribution is -2.45. The molecule has 0 spiro atoms. The lowest BCUT2D eigenvalue weighted by atomic mass is 9.89. The van der Waals surface area contributed by atoms with E-state index in [-0.39, 0.29) is 11.4 Å². The molecule has 0 aliphatic rings. The number of aryl methyl sites for hydroxylation is 2. The average Bonchev–Trinajstić information content (AvgIpc) is 2.11. The molecule has 0 amide bonds. The van der Waals surface area contributed by atoms with Gasteiger partial charge in [0.1, 0.15) is 11.4 Å². The Kier molecular flexibility index (Phi) is 4.19. The van der Waals surface area contributed by atoms with Crippen LogP contribution < -0.4 is 5.32 Å². The summed E-state index contributed by atoms with van der Waals surface area (Å²) in [5.41, 5.74) is 0.709. The normalized spacial score (nSPS) is 15.6. The number of β-amino-alcohol motifs (C(OH)–C–C–N with tert-alkyl or cyclic N) is 1. The maximum absolute atomic E-state index is 14.0. The van der Waals surface area contributed by atoms with Crippen LogP contribution in [0.1, 0.15) is 44.4 Å². The quantitative estimate of drug-likeness (QED) is 0.868. The van der Waals surface area contributed by atoms with Gasteiger partial charge in [0.05, 0.1) is 0 Å². The van der Waals surface area contributed by atoms with Crippen molar-refractivity contribution in [1.82, 2.24) is 5.32 Å². The molecule has 0 aliphatic carbocycles. The molecule has 1 aromatic rings. The van der Waals surface area contributed by atoms with Gasteiger partial charge in [0.15, 0.2) is 0 Å². The fourth-order valence-electron chi connectivity index (χ4n) is 2.12. The van der Waals surface area contributed by atoms with E-state index in [4.69, 9.17) is 0 Å². The number of rotatable bonds is 3. The largest absolute Gasteiger partial charge is 0.384 e. The summed E-state index contributed by atoms with van der Waals surface area (Å²) in [5, 5.41) is 13.7. The van der Waals surface area contributed by atoms with Crippen molar-refractivity contribution in [2.75, 3.05) is 6.54 Å². The first kappa shape index (κ1) is 15.1. The first-order chi connectivity index (χ1) is 8.03. The first-order valence-electron chi connectivity index (χ1n) is 6.27. The zero-order valence-corrected chi connectivity index (χ0v) is 12.2. The van der Waals surface area contributed by atoms with Crippen LogP contribution in [0.3, 0.4) is 0 Å². The van der Waals surface area contributed by atoms with Gasteiger partial charge in [-0.15, -0.1) is 0 Å². The molecular formula is C15H24FNO. The van der Waals surface area contributed by atoms with E-state index >= 15 is 0 Å². The van der Waals surface area contributed by atoms with Crippen molar-refractivity contribution in [3.8, 4) is 0 Å². The highest BCUT2D eigenvalue weighted by Gasteiger charge is 2.29. The van der Waals surface area contributed by atoms with Crippen LogP contribution in [-0.4, -0.2) is 17.2 Å². The van der Waals surface area contributed by atoms with Crippen molar-refractivity contribution >= 4 is 0 Å². The van der Waals surface area contributed by atoms with Gasteiger partial charge in [0, 0.05) is 17.6 Å². The summed E-state index contributed by atoms with van der Waals surface area (Å²) in [5.74, 6) is -0.340. The first-order valence-corrected chi connectivity index (χ1v) is 6.27. The monoisotopic (exact) mass is 253 g/mol. The lowest BCUT2D eigenvalue weighted by molar-refractivity contribution is 0.0459. The van der Waals surface area contributed by atoms with E-state index in [0.29, 0.717) is 12.1 Å². The van der Waals surface area contributed by atoms with Gasteiger partial charge < -0.3 is 10.4 Å². The molecule has 0 heterocycles. The molecule has 0 saturated carbocycles. The molecule has 0 radical (unpaired) electrons. The summed E-state index contributed by atoms with van der Waals surface area (Å²) in [6.45, 7) is 11.7. The van der Waals surface area contributed by atoms with Crippen LogP contribution in [0.2, 0.25) is 0 Å². The second-order valence-electron chi connectivity index (χ2n) is 6.32. The minimum atomic E-state index is -1.21. The standard InChI is InChI=1S/C15H24FNO/c1-10-7-11(2)13(12(16)8-10)15(6,18)9-17-14(3,4)5/h7-8,17-18H,9H2,1-6H3. The van der Waals surface area contributed by atoms with Gasteiger partial charge in [-0.1, -0.05) is 6.07 Å². The van der Waals surface area contributed by atoms with Crippen LogP contribution in [0.4, 0.5) is 4.39 Å². The Morgan fingerprint density at radius 1 is 1.17 bits per heavy atom. The van der Waals surface area contributed by atoms with Gasteiger partial charge in [-0.05, 0) is 58.7 Å². The van der Waals surface area contributed by atoms with Crippen molar-refractivity contribution in [2.24, 2.45) is 0 Å². The van der Waals surface area contributed by atoms with Crippen molar-refractivity contribution in [3.05, 3.63) is 34.6 Å². The maximum atomic E-state index is 14.0. The summed E-state index contributed by atoms with van der Waals surface area (Å²) in [4.78, 5) is 0. The van der Waals surface area contributed by atoms with Crippen LogP contribution in [0.5, 0.6) is 0 Å². The molecule has 1 aromatic carbocycles. The Bertz CT molecular complexity index is 410. The molecule has 0 aromatic heterocycles. The summed E-state index contributed by atoms with van der Waals surface area (Å²) >= 11 is 0. The number of halogens is 1. The van der Waals surface area contributed by atoms with Crippen molar-refractivity contribution < 1.29 is 9.50 Å². The molecule has 0 aliphatic heterocycles. The summed E-state index contributed by atoms with van der Waals surface area (Å²) in [7, 11) is 0. The molecule has 0 saturated heterocycles. The van der Waals surface area contributed by atoms with Gasteiger partial charge in [-0.2, -0.15) is 0 Å². The number of hydrogen-bond acceptors (Lipinski definition) is 2. The van der Waals surface area contributed by atoms with Crippen molar-refractivity contribution in [1.29, 1.82) is 0 Å². The molecule has 0 bridgehead atoms. The second kappa shape index (κ2) is 4.98. The summed E-state index contributed by atoms with van der Waals surface area (Å²) < 4.78 is 14.0. The van der Waals surface area contributed by atoms with Crippen LogP contribution in [0.25, 0.3) is 0 Å². The van der Waals surface area contributed by atoms with Gasteiger partial charge >= 0.3 is 0 Å². The van der Waals surface area contributed by atoms with Gasteiger partial charge in [-0.3, -0.25) is 0 Å². The minimum Gasteiger partial charge on any atom is -0.384 e. The van der Waals surface area contributed by atoms with E-state index in [9.17, 15) is 9.50 Å². The van der Waals surface area contributed by atoms with Crippen molar-refractivity contribution in [3.63, 3.8) is 0 Å². The highest BCUT2D eigenvalue weighted by Crippen LogP contribution is 2.28. The van der Waals surface area contributed by atoms with Gasteiger partial charge in [-0.25, -0.2) is 4.39 Å². The number of nitrogens with one attached hydrogen (secondary N) is 1. The van der Waals surface area contributed by atoms with E-state index in [1.54, 1.807) is 6.92 Å². The summed E-state index contributed by atoms with van der Waals surface area (Å²) in [6, 6.07) is 3.36. The van der Waals surface area contributed by atoms with E-state index in [1.165, 1.54) is 6.07 Å². The zero-order valence-electron chi connectivity index (χ0n) is 12.2. The fourth-order valence-corrected chi connectivity index (χ4v) is 2.12. The molecule has 0 fully saturated rings. The molecule has 102 valence electrons. The predicted molar refractivity (Wildman–Crippen MR) is 73.2 cm³/mol. The molecule has 3 heteroatoms. The number of hydrogen-bond donors (Lipinski definition) is 2. The highest BCUT2D eigenvalue weighted by atomic mass is 19.1. The molecule has 2 nitrogen and oxygen atoms in total. The average molecular weight is 253 g/mol. The van der Waals surface area contributed by atoms with Crippen molar-refractivity contribution in [2.45, 2.75) is 52.7 Å². The molecule has 18 heavy (non-hydrogen) atoms. The smallest absolute Gasteiger partial charge is 0.129 e. The molecule has 1 unspecified atom stereocenters. The second-order valence-corrected chi connectivity index (χ2v) is 6.32. The zero-order chi connectivity index (χ0) is 14.1. The third kappa shape index (κ3) is 3.79. The Labute approximate surface area is 109 Å². The maximum Gasteiger partial charge on any atom is 0.129 e. The Balaban J connectivity index is 3.05. The van der Waals surface area contributed by atoms with Gasteiger partial charge in [0.25, 0.3) is 0 Å². The topological polar surface area (TPSA) is 32.3 Å². The van der Waals surface area contributed by atoms with Crippen LogP contribution in [0.15, 0.2) is 12.1 Å². The molecular weight excluding hydrogens is 229 g/mol. The summed E-state index contributed by atoms with van der Waals surface area (Å²) in [6.07, 6.45) is 0. The Morgan fingerprint density at radius 2 is 1.72 bits per heavy atom. The SMILES string of the molecule is Cc1cc(C)c(C(C)(O)CNC(C)(C)C)c(F)c1. The van der Waals surface area contributed by atoms with Gasteiger partial charge in [0.2, 0.25) is 0 Å². The van der Waals surface area contributed by atoms with Crippen LogP contribution in [0, 0.1) is 19.7 Å². The third-order valence-corrected chi connectivity index (χ3v) is 2.93. The lowest BCUT2D eigenvalue weighted by Gasteiger charge is -2.31. The third-order valence-electron chi connectivity index (χ3n) is 2.93. The predicted octanol–water partition coefficient (Wildman–Crippen LogP) is 3.04. The Morgan fingerprint density at radius 3 is 2.17 bits per heavy atom. The number of aliphatic hydroxyl groups is 1. The van der Waals surface area contributed by atoms with Crippen LogP contribution in [-0.2, 0) is 5.60 Å². The van der Waals surface area contributed by atoms with E-state index < -0.39 is 5.60 Å². The molecule has 1 atom stereocenters. The van der Waals surface area contributed by atoms with E-state index in [2.05, 4.69) is 5.32 Å². The minimum absolute atomic E-state index is 0.112. The highest BCUT2D eigenvalue weighted by molar-refractivity contribution is 5.36. The Hall–Kier alpha value is -0.930. The fraction of sp³-hybridized carbons (Fsp3) is 0.600. The van der Waals surface area contributed by atoms with E-state index in [0.717, 1.165) is 11.1 Å². The molecule has 2 N–H and O–H groups in total. The van der Waals surface area contributed by atoms with Crippen LogP contribution >= 0.6 is 0 Å².